The van der Waals surface area contributed by atoms with E-state index in [0.717, 1.165) is 18.8 Å². The molecule has 2 aliphatic heterocycles. The number of anilines is 1. The molecule has 3 N–H and O–H groups in total. The quantitative estimate of drug-likeness (QED) is 0.690. The van der Waals surface area contributed by atoms with Crippen LogP contribution in [0.25, 0.3) is 0 Å². The summed E-state index contributed by atoms with van der Waals surface area (Å²) in [5, 5.41) is 9.02. The predicted molar refractivity (Wildman–Crippen MR) is 67.1 cm³/mol. The number of carbonyl (C=O) groups excluding carboxylic acids is 1. The topological polar surface area (TPSA) is 53.2 Å². The summed E-state index contributed by atoms with van der Waals surface area (Å²) in [6, 6.07) is 6.37. The zero-order valence-electron chi connectivity index (χ0n) is 9.75. The van der Waals surface area contributed by atoms with Crippen molar-refractivity contribution < 1.29 is 4.79 Å². The Morgan fingerprint density at radius 3 is 2.82 bits per heavy atom. The molecule has 0 saturated carbocycles. The second-order valence-electron chi connectivity index (χ2n) is 4.75. The normalized spacial score (nSPS) is 20.4. The van der Waals surface area contributed by atoms with E-state index in [9.17, 15) is 4.79 Å². The molecule has 3 rings (SSSR count). The molecule has 0 atom stereocenters. The summed E-state index contributed by atoms with van der Waals surface area (Å²) in [5.41, 5.74) is 3.50. The average molecular weight is 231 g/mol. The SMILES string of the molecule is O=C1NCc2ccc(C3CCNCC3)cc2N1. The van der Waals surface area contributed by atoms with Crippen LogP contribution in [0.2, 0.25) is 0 Å². The number of hydrogen-bond acceptors (Lipinski definition) is 2. The minimum absolute atomic E-state index is 0.0973. The third-order valence-corrected chi connectivity index (χ3v) is 3.63. The van der Waals surface area contributed by atoms with Crippen LogP contribution < -0.4 is 16.0 Å². The van der Waals surface area contributed by atoms with E-state index in [1.54, 1.807) is 0 Å². The predicted octanol–water partition coefficient (Wildman–Crippen LogP) is 1.79. The molecular formula is C13H17N3O. The van der Waals surface area contributed by atoms with Gasteiger partial charge in [-0.1, -0.05) is 12.1 Å². The Bertz CT molecular complexity index is 438. The zero-order chi connectivity index (χ0) is 11.7. The van der Waals surface area contributed by atoms with Gasteiger partial charge in [-0.25, -0.2) is 4.79 Å². The van der Waals surface area contributed by atoms with Gasteiger partial charge in [0.2, 0.25) is 0 Å². The van der Waals surface area contributed by atoms with Gasteiger partial charge in [0.1, 0.15) is 0 Å². The summed E-state index contributed by atoms with van der Waals surface area (Å²) < 4.78 is 0. The van der Waals surface area contributed by atoms with E-state index in [2.05, 4.69) is 34.1 Å². The van der Waals surface area contributed by atoms with Crippen LogP contribution in [-0.2, 0) is 6.54 Å². The van der Waals surface area contributed by atoms with Gasteiger partial charge in [0.15, 0.2) is 0 Å². The highest BCUT2D eigenvalue weighted by atomic mass is 16.2. The smallest absolute Gasteiger partial charge is 0.319 e. The molecule has 4 nitrogen and oxygen atoms in total. The summed E-state index contributed by atoms with van der Waals surface area (Å²) in [6.45, 7) is 2.82. The largest absolute Gasteiger partial charge is 0.334 e. The van der Waals surface area contributed by atoms with Gasteiger partial charge in [-0.15, -0.1) is 0 Å². The molecule has 1 saturated heterocycles. The van der Waals surface area contributed by atoms with Gasteiger partial charge in [-0.05, 0) is 49.0 Å². The Kier molecular flexibility index (Phi) is 2.73. The fourth-order valence-electron chi connectivity index (χ4n) is 2.62. The summed E-state index contributed by atoms with van der Waals surface area (Å²) in [5.74, 6) is 0.633. The van der Waals surface area contributed by atoms with Gasteiger partial charge in [-0.3, -0.25) is 0 Å². The Morgan fingerprint density at radius 2 is 2.00 bits per heavy atom. The lowest BCUT2D eigenvalue weighted by molar-refractivity contribution is 0.251. The molecule has 4 heteroatoms. The van der Waals surface area contributed by atoms with Crippen LogP contribution in [0.15, 0.2) is 18.2 Å². The second-order valence-corrected chi connectivity index (χ2v) is 4.75. The highest BCUT2D eigenvalue weighted by Crippen LogP contribution is 2.29. The summed E-state index contributed by atoms with van der Waals surface area (Å²) in [4.78, 5) is 11.3. The lowest BCUT2D eigenvalue weighted by Gasteiger charge is -2.25. The van der Waals surface area contributed by atoms with Crippen molar-refractivity contribution in [1.29, 1.82) is 0 Å². The fourth-order valence-corrected chi connectivity index (χ4v) is 2.62. The van der Waals surface area contributed by atoms with Gasteiger partial charge < -0.3 is 16.0 Å². The number of urea groups is 1. The van der Waals surface area contributed by atoms with Crippen molar-refractivity contribution in [3.63, 3.8) is 0 Å². The monoisotopic (exact) mass is 231 g/mol. The first-order chi connectivity index (χ1) is 8.33. The third kappa shape index (κ3) is 2.13. The zero-order valence-corrected chi connectivity index (χ0v) is 9.75. The first kappa shape index (κ1) is 10.6. The van der Waals surface area contributed by atoms with Crippen LogP contribution in [0.3, 0.4) is 0 Å². The molecule has 2 heterocycles. The van der Waals surface area contributed by atoms with E-state index in [0.29, 0.717) is 12.5 Å². The number of carbonyl (C=O) groups is 1. The number of rotatable bonds is 1. The number of fused-ring (bicyclic) bond motifs is 1. The number of amides is 2. The maximum Gasteiger partial charge on any atom is 0.319 e. The first-order valence-electron chi connectivity index (χ1n) is 6.21. The maximum absolute atomic E-state index is 11.3. The van der Waals surface area contributed by atoms with E-state index in [4.69, 9.17) is 0 Å². The van der Waals surface area contributed by atoms with Crippen LogP contribution >= 0.6 is 0 Å². The van der Waals surface area contributed by atoms with Crippen molar-refractivity contribution in [3.05, 3.63) is 29.3 Å². The molecule has 1 aromatic rings. The Labute approximate surface area is 101 Å². The lowest BCUT2D eigenvalue weighted by Crippen LogP contribution is -2.33. The number of hydrogen-bond donors (Lipinski definition) is 3. The molecule has 2 aliphatic rings. The minimum Gasteiger partial charge on any atom is -0.334 e. The van der Waals surface area contributed by atoms with Crippen molar-refractivity contribution in [2.24, 2.45) is 0 Å². The minimum atomic E-state index is -0.0973. The van der Waals surface area contributed by atoms with Crippen LogP contribution in [-0.4, -0.2) is 19.1 Å². The van der Waals surface area contributed by atoms with Crippen LogP contribution in [0.5, 0.6) is 0 Å². The standard InChI is InChI=1S/C13H17N3O/c17-13-15-8-11-2-1-10(7-12(11)16-13)9-3-5-14-6-4-9/h1-2,7,9,14H,3-6,8H2,(H2,15,16,17). The Balaban J connectivity index is 1.86. The molecule has 0 unspecified atom stereocenters. The van der Waals surface area contributed by atoms with Crippen molar-refractivity contribution in [2.45, 2.75) is 25.3 Å². The molecule has 0 aliphatic carbocycles. The van der Waals surface area contributed by atoms with Crippen molar-refractivity contribution in [3.8, 4) is 0 Å². The van der Waals surface area contributed by atoms with Gasteiger partial charge in [0.05, 0.1) is 0 Å². The molecule has 1 aromatic carbocycles. The molecule has 0 radical (unpaired) electrons. The molecule has 0 bridgehead atoms. The van der Waals surface area contributed by atoms with Crippen molar-refractivity contribution in [2.75, 3.05) is 18.4 Å². The molecule has 1 fully saturated rings. The lowest BCUT2D eigenvalue weighted by atomic mass is 9.89. The molecule has 90 valence electrons. The number of nitrogens with one attached hydrogen (secondary N) is 3. The van der Waals surface area contributed by atoms with E-state index in [-0.39, 0.29) is 6.03 Å². The van der Waals surface area contributed by atoms with Crippen molar-refractivity contribution >= 4 is 11.7 Å². The Morgan fingerprint density at radius 1 is 1.18 bits per heavy atom. The highest BCUT2D eigenvalue weighted by molar-refractivity contribution is 5.92. The molecule has 2 amide bonds. The van der Waals surface area contributed by atoms with E-state index in [1.807, 2.05) is 0 Å². The van der Waals surface area contributed by atoms with Crippen LogP contribution in [0.4, 0.5) is 10.5 Å². The van der Waals surface area contributed by atoms with E-state index < -0.39 is 0 Å². The third-order valence-electron chi connectivity index (χ3n) is 3.63. The molecule has 17 heavy (non-hydrogen) atoms. The highest BCUT2D eigenvalue weighted by Gasteiger charge is 2.18. The van der Waals surface area contributed by atoms with Crippen LogP contribution in [0.1, 0.15) is 29.9 Å². The summed E-state index contributed by atoms with van der Waals surface area (Å²) in [7, 11) is 0. The average Bonchev–Trinajstić information content (AvgIpc) is 2.39. The summed E-state index contributed by atoms with van der Waals surface area (Å²) in [6.07, 6.45) is 2.37. The maximum atomic E-state index is 11.3. The number of piperidine rings is 1. The first-order valence-corrected chi connectivity index (χ1v) is 6.21. The van der Waals surface area contributed by atoms with Gasteiger partial charge in [-0.2, -0.15) is 0 Å². The second kappa shape index (κ2) is 4.37. The number of benzene rings is 1. The van der Waals surface area contributed by atoms with E-state index in [1.165, 1.54) is 24.0 Å². The van der Waals surface area contributed by atoms with Gasteiger partial charge in [0, 0.05) is 12.2 Å². The van der Waals surface area contributed by atoms with Gasteiger partial charge >= 0.3 is 6.03 Å². The van der Waals surface area contributed by atoms with Gasteiger partial charge in [0.25, 0.3) is 0 Å². The van der Waals surface area contributed by atoms with E-state index >= 15 is 0 Å². The van der Waals surface area contributed by atoms with Crippen molar-refractivity contribution in [1.82, 2.24) is 10.6 Å². The Hall–Kier alpha value is -1.55. The fraction of sp³-hybridized carbons (Fsp3) is 0.462. The molecular weight excluding hydrogens is 214 g/mol. The molecule has 0 aromatic heterocycles. The van der Waals surface area contributed by atoms with Crippen LogP contribution in [0, 0.1) is 0 Å². The molecule has 0 spiro atoms. The summed E-state index contributed by atoms with van der Waals surface area (Å²) >= 11 is 0.